The van der Waals surface area contributed by atoms with Crippen LogP contribution in [0.5, 0.6) is 11.5 Å². The molecule has 0 aliphatic heterocycles. The molecule has 0 unspecified atom stereocenters. The lowest BCUT2D eigenvalue weighted by Crippen LogP contribution is -2.17. The number of halogens is 1. The fourth-order valence-electron chi connectivity index (χ4n) is 3.03. The topological polar surface area (TPSA) is 35.5 Å². The second-order valence-electron chi connectivity index (χ2n) is 5.57. The van der Waals surface area contributed by atoms with Crippen molar-refractivity contribution >= 4 is 17.4 Å². The molecule has 21 heavy (non-hydrogen) atoms. The molecule has 0 aromatic heterocycles. The molecule has 0 atom stereocenters. The molecule has 0 bridgehead atoms. The molecule has 4 heteroatoms. The van der Waals surface area contributed by atoms with Crippen LogP contribution in [0.4, 0.5) is 0 Å². The molecule has 1 aliphatic carbocycles. The number of hydrogen-bond acceptors (Lipinski definition) is 3. The molecule has 0 N–H and O–H groups in total. The van der Waals surface area contributed by atoms with Crippen LogP contribution >= 0.6 is 11.6 Å². The molecule has 1 saturated carbocycles. The van der Waals surface area contributed by atoms with Gasteiger partial charge in [0.05, 0.1) is 19.8 Å². The highest BCUT2D eigenvalue weighted by atomic mass is 35.5. The predicted octanol–water partition coefficient (Wildman–Crippen LogP) is 4.90. The van der Waals surface area contributed by atoms with Gasteiger partial charge in [-0.05, 0) is 25.0 Å². The average Bonchev–Trinajstić information content (AvgIpc) is 2.46. The van der Waals surface area contributed by atoms with Crippen LogP contribution < -0.4 is 9.47 Å². The molecule has 0 heterocycles. The standard InChI is InChI=1S/C17H23ClO3/c1-20-14-11-10-13(17(21-2)15(14)18)16(19)12-8-6-4-3-5-7-9-12/h10-12H,3-9H2,1-2H3. The lowest BCUT2D eigenvalue weighted by Gasteiger charge is -2.20. The Hall–Kier alpha value is -1.22. The van der Waals surface area contributed by atoms with Crippen LogP contribution in [0.2, 0.25) is 5.02 Å². The van der Waals surface area contributed by atoms with E-state index >= 15 is 0 Å². The van der Waals surface area contributed by atoms with Crippen LogP contribution in [0.25, 0.3) is 0 Å². The van der Waals surface area contributed by atoms with E-state index < -0.39 is 0 Å². The monoisotopic (exact) mass is 310 g/mol. The van der Waals surface area contributed by atoms with Gasteiger partial charge in [0, 0.05) is 5.92 Å². The molecule has 1 aliphatic rings. The Morgan fingerprint density at radius 3 is 2.24 bits per heavy atom. The van der Waals surface area contributed by atoms with Crippen molar-refractivity contribution in [1.29, 1.82) is 0 Å². The van der Waals surface area contributed by atoms with E-state index in [1.165, 1.54) is 26.4 Å². The summed E-state index contributed by atoms with van der Waals surface area (Å²) < 4.78 is 10.5. The lowest BCUT2D eigenvalue weighted by molar-refractivity contribution is 0.0895. The number of ether oxygens (including phenoxy) is 2. The number of rotatable bonds is 4. The van der Waals surface area contributed by atoms with Crippen LogP contribution in [0, 0.1) is 5.92 Å². The summed E-state index contributed by atoms with van der Waals surface area (Å²) in [5, 5.41) is 0.372. The van der Waals surface area contributed by atoms with Crippen LogP contribution in [0.15, 0.2) is 12.1 Å². The van der Waals surface area contributed by atoms with Gasteiger partial charge in [0.25, 0.3) is 0 Å². The maximum atomic E-state index is 12.8. The summed E-state index contributed by atoms with van der Waals surface area (Å²) in [6, 6.07) is 3.51. The van der Waals surface area contributed by atoms with Crippen LogP contribution in [-0.4, -0.2) is 20.0 Å². The van der Waals surface area contributed by atoms with Gasteiger partial charge >= 0.3 is 0 Å². The SMILES string of the molecule is COc1ccc(C(=O)C2CCCCCCC2)c(OC)c1Cl. The van der Waals surface area contributed by atoms with Gasteiger partial charge in [-0.15, -0.1) is 0 Å². The number of hydrogen-bond donors (Lipinski definition) is 0. The number of methoxy groups -OCH3 is 2. The normalized spacial score (nSPS) is 16.9. The summed E-state index contributed by atoms with van der Waals surface area (Å²) >= 11 is 6.25. The van der Waals surface area contributed by atoms with Gasteiger partial charge in [-0.1, -0.05) is 43.7 Å². The summed E-state index contributed by atoms with van der Waals surface area (Å²) in [6.07, 6.45) is 7.93. The van der Waals surface area contributed by atoms with E-state index in [1.54, 1.807) is 19.2 Å². The number of Topliss-reactive ketones (excluding diaryl/α,β-unsaturated/α-hetero) is 1. The van der Waals surface area contributed by atoms with Gasteiger partial charge < -0.3 is 9.47 Å². The number of ketones is 1. The highest BCUT2D eigenvalue weighted by Gasteiger charge is 2.25. The summed E-state index contributed by atoms with van der Waals surface area (Å²) in [5.41, 5.74) is 0.578. The Kier molecular flexibility index (Phi) is 5.92. The van der Waals surface area contributed by atoms with Gasteiger partial charge in [-0.25, -0.2) is 0 Å². The first-order valence-corrected chi connectivity index (χ1v) is 8.01. The molecule has 1 aromatic rings. The van der Waals surface area contributed by atoms with Crippen molar-refractivity contribution in [2.45, 2.75) is 44.9 Å². The van der Waals surface area contributed by atoms with Gasteiger partial charge in [-0.3, -0.25) is 4.79 Å². The van der Waals surface area contributed by atoms with Crippen molar-refractivity contribution < 1.29 is 14.3 Å². The molecule has 0 radical (unpaired) electrons. The van der Waals surface area contributed by atoms with Crippen molar-refractivity contribution in [3.8, 4) is 11.5 Å². The van der Waals surface area contributed by atoms with E-state index in [2.05, 4.69) is 0 Å². The van der Waals surface area contributed by atoms with Crippen molar-refractivity contribution in [3.05, 3.63) is 22.7 Å². The molecule has 0 saturated heterocycles. The van der Waals surface area contributed by atoms with Crippen LogP contribution in [-0.2, 0) is 0 Å². The van der Waals surface area contributed by atoms with E-state index in [1.807, 2.05) is 0 Å². The van der Waals surface area contributed by atoms with Gasteiger partial charge in [0.2, 0.25) is 0 Å². The minimum Gasteiger partial charge on any atom is -0.495 e. The van der Waals surface area contributed by atoms with Crippen molar-refractivity contribution in [2.75, 3.05) is 14.2 Å². The Balaban J connectivity index is 2.27. The molecule has 1 aromatic carbocycles. The second-order valence-corrected chi connectivity index (χ2v) is 5.95. The minimum atomic E-state index is 0.0867. The number of carbonyl (C=O) groups is 1. The van der Waals surface area contributed by atoms with Gasteiger partial charge in [0.1, 0.15) is 10.8 Å². The lowest BCUT2D eigenvalue weighted by atomic mass is 9.85. The third-order valence-electron chi connectivity index (χ3n) is 4.23. The van der Waals surface area contributed by atoms with Crippen molar-refractivity contribution in [3.63, 3.8) is 0 Å². The summed E-state index contributed by atoms with van der Waals surface area (Å²) in [4.78, 5) is 12.8. The summed E-state index contributed by atoms with van der Waals surface area (Å²) in [6.45, 7) is 0. The minimum absolute atomic E-state index is 0.0867. The smallest absolute Gasteiger partial charge is 0.169 e. The second kappa shape index (κ2) is 7.69. The molecule has 1 fully saturated rings. The molecule has 116 valence electrons. The molecular weight excluding hydrogens is 288 g/mol. The van der Waals surface area contributed by atoms with Crippen molar-refractivity contribution in [1.82, 2.24) is 0 Å². The summed E-state index contributed by atoms with van der Waals surface area (Å²) in [5.74, 6) is 1.20. The fraction of sp³-hybridized carbons (Fsp3) is 0.588. The van der Waals surface area contributed by atoms with E-state index in [9.17, 15) is 4.79 Å². The van der Waals surface area contributed by atoms with Crippen molar-refractivity contribution in [2.24, 2.45) is 5.92 Å². The van der Waals surface area contributed by atoms with Gasteiger partial charge in [-0.2, -0.15) is 0 Å². The first-order chi connectivity index (χ1) is 10.2. The maximum Gasteiger partial charge on any atom is 0.169 e. The Bertz CT molecular complexity index is 491. The zero-order chi connectivity index (χ0) is 15.2. The Morgan fingerprint density at radius 1 is 1.05 bits per heavy atom. The molecule has 3 nitrogen and oxygen atoms in total. The molecule has 2 rings (SSSR count). The zero-order valence-electron chi connectivity index (χ0n) is 12.8. The predicted molar refractivity (Wildman–Crippen MR) is 84.7 cm³/mol. The van der Waals surface area contributed by atoms with Crippen LogP contribution in [0.3, 0.4) is 0 Å². The highest BCUT2D eigenvalue weighted by Crippen LogP contribution is 2.39. The first-order valence-electron chi connectivity index (χ1n) is 7.63. The van der Waals surface area contributed by atoms with E-state index in [4.69, 9.17) is 21.1 Å². The Labute approximate surface area is 131 Å². The Morgan fingerprint density at radius 2 is 1.67 bits per heavy atom. The quantitative estimate of drug-likeness (QED) is 0.742. The fourth-order valence-corrected chi connectivity index (χ4v) is 3.35. The van der Waals surface area contributed by atoms with Crippen LogP contribution in [0.1, 0.15) is 55.3 Å². The molecule has 0 spiro atoms. The van der Waals surface area contributed by atoms with E-state index in [0.29, 0.717) is 22.1 Å². The molecular formula is C17H23ClO3. The van der Waals surface area contributed by atoms with E-state index in [-0.39, 0.29) is 11.7 Å². The maximum absolute atomic E-state index is 12.8. The first kappa shape index (κ1) is 16.2. The third kappa shape index (κ3) is 3.70. The zero-order valence-corrected chi connectivity index (χ0v) is 13.5. The number of benzene rings is 1. The largest absolute Gasteiger partial charge is 0.495 e. The number of carbonyl (C=O) groups excluding carboxylic acids is 1. The van der Waals surface area contributed by atoms with Gasteiger partial charge in [0.15, 0.2) is 11.5 Å². The highest BCUT2D eigenvalue weighted by molar-refractivity contribution is 6.34. The summed E-state index contributed by atoms with van der Waals surface area (Å²) in [7, 11) is 3.09. The molecule has 0 amide bonds. The van der Waals surface area contributed by atoms with E-state index in [0.717, 1.165) is 25.7 Å². The third-order valence-corrected chi connectivity index (χ3v) is 4.59. The average molecular weight is 311 g/mol.